The van der Waals surface area contributed by atoms with Crippen LogP contribution in [0.4, 0.5) is 0 Å². The first-order chi connectivity index (χ1) is 11.7. The van der Waals surface area contributed by atoms with Crippen LogP contribution in [0.1, 0.15) is 41.2 Å². The fourth-order valence-electron chi connectivity index (χ4n) is 3.15. The second kappa shape index (κ2) is 6.32. The number of hydrogen-bond acceptors (Lipinski definition) is 5. The van der Waals surface area contributed by atoms with Crippen LogP contribution in [-0.2, 0) is 6.42 Å². The third-order valence-electron chi connectivity index (χ3n) is 4.50. The number of carbonyl (C=O) groups excluding carboxylic acids is 1. The van der Waals surface area contributed by atoms with Crippen molar-refractivity contribution in [3.63, 3.8) is 0 Å². The van der Waals surface area contributed by atoms with Gasteiger partial charge in [0.05, 0.1) is 33.7 Å². The molecule has 1 aliphatic heterocycles. The second-order valence-corrected chi connectivity index (χ2v) is 7.13. The number of benzene rings is 1. The number of piperidine rings is 1. The summed E-state index contributed by atoms with van der Waals surface area (Å²) in [5.41, 5.74) is 1.74. The molecule has 1 aliphatic rings. The average Bonchev–Trinajstić information content (AvgIpc) is 3.29. The summed E-state index contributed by atoms with van der Waals surface area (Å²) in [6, 6.07) is 6.12. The molecular formula is C17H19N5OS. The lowest BCUT2D eigenvalue weighted by atomic mass is 10.0. The largest absolute Gasteiger partial charge is 0.338 e. The molecule has 0 saturated carbocycles. The lowest BCUT2D eigenvalue weighted by Gasteiger charge is -2.31. The molecule has 1 aromatic carbocycles. The van der Waals surface area contributed by atoms with Crippen molar-refractivity contribution in [2.24, 2.45) is 0 Å². The predicted molar refractivity (Wildman–Crippen MR) is 93.2 cm³/mol. The SMILES string of the molecule is CCc1nc2ccc(C(=O)N3CCC(n4nccn4)CC3)cc2s1. The maximum atomic E-state index is 12.8. The monoisotopic (exact) mass is 341 g/mol. The Morgan fingerprint density at radius 3 is 2.71 bits per heavy atom. The van der Waals surface area contributed by atoms with Gasteiger partial charge in [-0.2, -0.15) is 15.0 Å². The van der Waals surface area contributed by atoms with Gasteiger partial charge in [-0.25, -0.2) is 4.98 Å². The Kier molecular flexibility index (Phi) is 4.02. The number of carbonyl (C=O) groups is 1. The van der Waals surface area contributed by atoms with Crippen LogP contribution in [-0.4, -0.2) is 43.9 Å². The average molecular weight is 341 g/mol. The van der Waals surface area contributed by atoms with E-state index >= 15 is 0 Å². The highest BCUT2D eigenvalue weighted by atomic mass is 32.1. The lowest BCUT2D eigenvalue weighted by Crippen LogP contribution is -2.39. The Morgan fingerprint density at radius 1 is 1.25 bits per heavy atom. The van der Waals surface area contributed by atoms with E-state index in [4.69, 9.17) is 0 Å². The number of aromatic nitrogens is 4. The Morgan fingerprint density at radius 2 is 2.00 bits per heavy atom. The molecule has 6 nitrogen and oxygen atoms in total. The van der Waals surface area contributed by atoms with Crippen LogP contribution < -0.4 is 0 Å². The fourth-order valence-corrected chi connectivity index (χ4v) is 4.10. The van der Waals surface area contributed by atoms with Gasteiger partial charge in [-0.15, -0.1) is 11.3 Å². The molecular weight excluding hydrogens is 322 g/mol. The van der Waals surface area contributed by atoms with Crippen molar-refractivity contribution in [3.05, 3.63) is 41.2 Å². The number of rotatable bonds is 3. The number of likely N-dealkylation sites (tertiary alicyclic amines) is 1. The molecule has 2 aromatic heterocycles. The van der Waals surface area contributed by atoms with Crippen molar-refractivity contribution in [2.45, 2.75) is 32.2 Å². The molecule has 4 rings (SSSR count). The zero-order chi connectivity index (χ0) is 16.5. The Hall–Kier alpha value is -2.28. The van der Waals surface area contributed by atoms with Crippen LogP contribution in [0.25, 0.3) is 10.2 Å². The fraction of sp³-hybridized carbons (Fsp3) is 0.412. The molecule has 3 aromatic rings. The summed E-state index contributed by atoms with van der Waals surface area (Å²) in [7, 11) is 0. The van der Waals surface area contributed by atoms with E-state index in [0.717, 1.165) is 53.1 Å². The van der Waals surface area contributed by atoms with E-state index in [0.29, 0.717) is 6.04 Å². The van der Waals surface area contributed by atoms with Crippen LogP contribution in [0, 0.1) is 0 Å². The van der Waals surface area contributed by atoms with E-state index in [-0.39, 0.29) is 5.91 Å². The first-order valence-electron chi connectivity index (χ1n) is 8.29. The molecule has 0 N–H and O–H groups in total. The summed E-state index contributed by atoms with van der Waals surface area (Å²) in [6.45, 7) is 3.58. The van der Waals surface area contributed by atoms with E-state index in [2.05, 4.69) is 22.1 Å². The van der Waals surface area contributed by atoms with E-state index in [1.54, 1.807) is 28.5 Å². The van der Waals surface area contributed by atoms with Crippen molar-refractivity contribution in [1.29, 1.82) is 0 Å². The summed E-state index contributed by atoms with van der Waals surface area (Å²) >= 11 is 1.67. The van der Waals surface area contributed by atoms with Gasteiger partial charge in [-0.3, -0.25) is 4.79 Å². The van der Waals surface area contributed by atoms with Gasteiger partial charge in [0, 0.05) is 18.7 Å². The Labute approximate surface area is 144 Å². The number of aryl methyl sites for hydroxylation is 1. The van der Waals surface area contributed by atoms with E-state index in [1.165, 1.54) is 0 Å². The lowest BCUT2D eigenvalue weighted by molar-refractivity contribution is 0.0684. The predicted octanol–water partition coefficient (Wildman–Crippen LogP) is 2.93. The van der Waals surface area contributed by atoms with Gasteiger partial charge in [0.15, 0.2) is 0 Å². The van der Waals surface area contributed by atoms with Gasteiger partial charge in [-0.05, 0) is 37.5 Å². The maximum Gasteiger partial charge on any atom is 0.253 e. The molecule has 1 fully saturated rings. The third-order valence-corrected chi connectivity index (χ3v) is 5.66. The second-order valence-electron chi connectivity index (χ2n) is 6.02. The molecule has 3 heterocycles. The third kappa shape index (κ3) is 2.80. The van der Waals surface area contributed by atoms with Gasteiger partial charge >= 0.3 is 0 Å². The summed E-state index contributed by atoms with van der Waals surface area (Å²) in [4.78, 5) is 21.0. The van der Waals surface area contributed by atoms with Crippen LogP contribution in [0.3, 0.4) is 0 Å². The van der Waals surface area contributed by atoms with Crippen LogP contribution >= 0.6 is 11.3 Å². The topological polar surface area (TPSA) is 63.9 Å². The highest BCUT2D eigenvalue weighted by Crippen LogP contribution is 2.26. The number of hydrogen-bond donors (Lipinski definition) is 0. The van der Waals surface area contributed by atoms with Gasteiger partial charge in [0.1, 0.15) is 0 Å². The minimum Gasteiger partial charge on any atom is -0.338 e. The number of amides is 1. The Bertz CT molecular complexity index is 849. The van der Waals surface area contributed by atoms with Crippen molar-refractivity contribution in [2.75, 3.05) is 13.1 Å². The van der Waals surface area contributed by atoms with Crippen LogP contribution in [0.2, 0.25) is 0 Å². The summed E-state index contributed by atoms with van der Waals surface area (Å²) in [6.07, 6.45) is 6.11. The van der Waals surface area contributed by atoms with E-state index in [1.807, 2.05) is 23.1 Å². The molecule has 0 unspecified atom stereocenters. The molecule has 0 spiro atoms. The van der Waals surface area contributed by atoms with Crippen molar-refractivity contribution in [3.8, 4) is 0 Å². The van der Waals surface area contributed by atoms with Crippen LogP contribution in [0.15, 0.2) is 30.6 Å². The molecule has 1 amide bonds. The summed E-state index contributed by atoms with van der Waals surface area (Å²) < 4.78 is 1.09. The number of nitrogens with zero attached hydrogens (tertiary/aromatic N) is 5. The van der Waals surface area contributed by atoms with Gasteiger partial charge in [0.25, 0.3) is 5.91 Å². The minimum atomic E-state index is 0.107. The van der Waals surface area contributed by atoms with Crippen molar-refractivity contribution >= 4 is 27.5 Å². The van der Waals surface area contributed by atoms with Crippen molar-refractivity contribution < 1.29 is 4.79 Å². The summed E-state index contributed by atoms with van der Waals surface area (Å²) in [5.74, 6) is 0.107. The highest BCUT2D eigenvalue weighted by Gasteiger charge is 2.25. The molecule has 0 radical (unpaired) electrons. The molecule has 0 bridgehead atoms. The zero-order valence-electron chi connectivity index (χ0n) is 13.6. The molecule has 7 heteroatoms. The first kappa shape index (κ1) is 15.3. The molecule has 24 heavy (non-hydrogen) atoms. The molecule has 0 atom stereocenters. The molecule has 0 aliphatic carbocycles. The van der Waals surface area contributed by atoms with Gasteiger partial charge in [-0.1, -0.05) is 6.92 Å². The van der Waals surface area contributed by atoms with Crippen molar-refractivity contribution in [1.82, 2.24) is 24.9 Å². The van der Waals surface area contributed by atoms with E-state index < -0.39 is 0 Å². The minimum absolute atomic E-state index is 0.107. The highest BCUT2D eigenvalue weighted by molar-refractivity contribution is 7.18. The number of thiazole rings is 1. The smallest absolute Gasteiger partial charge is 0.253 e. The maximum absolute atomic E-state index is 12.8. The van der Waals surface area contributed by atoms with Gasteiger partial charge < -0.3 is 4.90 Å². The molecule has 124 valence electrons. The van der Waals surface area contributed by atoms with Crippen LogP contribution in [0.5, 0.6) is 0 Å². The normalized spacial score (nSPS) is 16.0. The zero-order valence-corrected chi connectivity index (χ0v) is 14.4. The van der Waals surface area contributed by atoms with E-state index in [9.17, 15) is 4.79 Å². The molecule has 1 saturated heterocycles. The first-order valence-corrected chi connectivity index (χ1v) is 9.11. The standard InChI is InChI=1S/C17H19N5OS/c1-2-16-20-14-4-3-12(11-15(14)24-16)17(23)21-9-5-13(6-10-21)22-18-7-8-19-22/h3-4,7-8,11,13H,2,5-6,9-10H2,1H3. The number of fused-ring (bicyclic) bond motifs is 1. The summed E-state index contributed by atoms with van der Waals surface area (Å²) in [5, 5.41) is 9.53. The van der Waals surface area contributed by atoms with Gasteiger partial charge in [0.2, 0.25) is 0 Å². The quantitative estimate of drug-likeness (QED) is 0.735. The Balaban J connectivity index is 1.48.